The van der Waals surface area contributed by atoms with Gasteiger partial charge in [-0.05, 0) is 19.4 Å². The van der Waals surface area contributed by atoms with E-state index in [2.05, 4.69) is 11.7 Å². The van der Waals surface area contributed by atoms with E-state index >= 15 is 0 Å². The van der Waals surface area contributed by atoms with E-state index in [9.17, 15) is 4.79 Å². The molecule has 0 fully saturated rings. The molecule has 0 aliphatic carbocycles. The predicted molar refractivity (Wildman–Crippen MR) is 47.2 cm³/mol. The molecule has 0 aliphatic heterocycles. The van der Waals surface area contributed by atoms with Crippen molar-refractivity contribution in [2.24, 2.45) is 0 Å². The van der Waals surface area contributed by atoms with Crippen molar-refractivity contribution in [3.63, 3.8) is 0 Å². The number of aldehydes is 1. The minimum absolute atomic E-state index is 0.510. The van der Waals surface area contributed by atoms with Gasteiger partial charge in [-0.25, -0.2) is 0 Å². The second kappa shape index (κ2) is 3.34. The normalized spacial score (nSPS) is 9.83. The standard InChI is InChI=1S/C9H12N2O/c1-7(2)4-11-5-8(3)9(6-12)10-11/h5-6H,1,4H2,2-3H3. The van der Waals surface area contributed by atoms with Crippen molar-refractivity contribution in [3.8, 4) is 0 Å². The quantitative estimate of drug-likeness (QED) is 0.502. The zero-order chi connectivity index (χ0) is 9.14. The van der Waals surface area contributed by atoms with E-state index in [-0.39, 0.29) is 0 Å². The van der Waals surface area contributed by atoms with Crippen LogP contribution in [0.4, 0.5) is 0 Å². The van der Waals surface area contributed by atoms with Crippen LogP contribution in [-0.4, -0.2) is 16.1 Å². The molecule has 0 atom stereocenters. The summed E-state index contributed by atoms with van der Waals surface area (Å²) < 4.78 is 1.72. The number of aromatic nitrogens is 2. The zero-order valence-electron chi connectivity index (χ0n) is 7.37. The molecule has 0 saturated carbocycles. The van der Waals surface area contributed by atoms with Crippen LogP contribution in [0.2, 0.25) is 0 Å². The van der Waals surface area contributed by atoms with Gasteiger partial charge >= 0.3 is 0 Å². The lowest BCUT2D eigenvalue weighted by atomic mass is 10.3. The van der Waals surface area contributed by atoms with Gasteiger partial charge in [-0.15, -0.1) is 0 Å². The van der Waals surface area contributed by atoms with Crippen molar-refractivity contribution in [3.05, 3.63) is 29.6 Å². The molecular formula is C9H12N2O. The summed E-state index contributed by atoms with van der Waals surface area (Å²) in [6, 6.07) is 0. The minimum Gasteiger partial charge on any atom is -0.296 e. The molecule has 0 amide bonds. The first-order chi connectivity index (χ1) is 5.63. The molecule has 0 aromatic carbocycles. The summed E-state index contributed by atoms with van der Waals surface area (Å²) in [6.45, 7) is 8.24. The summed E-state index contributed by atoms with van der Waals surface area (Å²) in [5.74, 6) is 0. The molecule has 0 N–H and O–H groups in total. The van der Waals surface area contributed by atoms with Crippen molar-refractivity contribution in [1.82, 2.24) is 9.78 Å². The number of hydrogen-bond acceptors (Lipinski definition) is 2. The van der Waals surface area contributed by atoms with Gasteiger partial charge in [0.05, 0.1) is 6.54 Å². The Morgan fingerprint density at radius 1 is 1.83 bits per heavy atom. The van der Waals surface area contributed by atoms with Crippen LogP contribution in [0.5, 0.6) is 0 Å². The Balaban J connectivity index is 2.89. The maximum absolute atomic E-state index is 10.4. The van der Waals surface area contributed by atoms with Gasteiger partial charge in [0, 0.05) is 6.20 Å². The molecule has 0 saturated heterocycles. The van der Waals surface area contributed by atoms with Crippen LogP contribution in [-0.2, 0) is 6.54 Å². The first kappa shape index (κ1) is 8.71. The fraction of sp³-hybridized carbons (Fsp3) is 0.333. The van der Waals surface area contributed by atoms with Gasteiger partial charge in [-0.3, -0.25) is 9.48 Å². The zero-order valence-corrected chi connectivity index (χ0v) is 7.37. The molecule has 0 aliphatic rings. The highest BCUT2D eigenvalue weighted by Gasteiger charge is 2.02. The third-order valence-corrected chi connectivity index (χ3v) is 1.53. The molecule has 1 heterocycles. The Morgan fingerprint density at radius 3 is 2.92 bits per heavy atom. The summed E-state index contributed by atoms with van der Waals surface area (Å²) in [6.07, 6.45) is 2.61. The van der Waals surface area contributed by atoms with Crippen LogP contribution in [0.1, 0.15) is 23.0 Å². The van der Waals surface area contributed by atoms with E-state index in [1.54, 1.807) is 4.68 Å². The number of nitrogens with zero attached hydrogens (tertiary/aromatic N) is 2. The lowest BCUT2D eigenvalue weighted by Gasteiger charge is -1.97. The number of allylic oxidation sites excluding steroid dienone is 1. The third-order valence-electron chi connectivity index (χ3n) is 1.53. The third kappa shape index (κ3) is 1.81. The fourth-order valence-corrected chi connectivity index (χ4v) is 1.01. The fourth-order valence-electron chi connectivity index (χ4n) is 1.01. The predicted octanol–water partition coefficient (Wildman–Crippen LogP) is 1.58. The molecule has 1 aromatic rings. The number of aryl methyl sites for hydroxylation is 1. The lowest BCUT2D eigenvalue weighted by molar-refractivity contribution is 0.111. The number of carbonyl (C=O) groups excluding carboxylic acids is 1. The second-order valence-corrected chi connectivity index (χ2v) is 2.97. The first-order valence-corrected chi connectivity index (χ1v) is 3.77. The molecule has 64 valence electrons. The second-order valence-electron chi connectivity index (χ2n) is 2.97. The maximum Gasteiger partial charge on any atom is 0.170 e. The highest BCUT2D eigenvalue weighted by molar-refractivity contribution is 5.73. The summed E-state index contributed by atoms with van der Waals surface area (Å²) in [5.41, 5.74) is 2.44. The summed E-state index contributed by atoms with van der Waals surface area (Å²) in [5, 5.41) is 4.06. The van der Waals surface area contributed by atoms with Crippen molar-refractivity contribution in [1.29, 1.82) is 0 Å². The number of carbonyl (C=O) groups is 1. The summed E-state index contributed by atoms with van der Waals surface area (Å²) >= 11 is 0. The molecule has 0 spiro atoms. The van der Waals surface area contributed by atoms with E-state index < -0.39 is 0 Å². The largest absolute Gasteiger partial charge is 0.296 e. The Bertz CT molecular complexity index is 312. The van der Waals surface area contributed by atoms with Crippen LogP contribution >= 0.6 is 0 Å². The molecule has 0 radical (unpaired) electrons. The van der Waals surface area contributed by atoms with Crippen LogP contribution in [0.3, 0.4) is 0 Å². The van der Waals surface area contributed by atoms with Crippen LogP contribution < -0.4 is 0 Å². The molecule has 3 nitrogen and oxygen atoms in total. The van der Waals surface area contributed by atoms with Gasteiger partial charge < -0.3 is 0 Å². The minimum atomic E-state index is 0.510. The Labute approximate surface area is 71.7 Å². The van der Waals surface area contributed by atoms with Gasteiger partial charge in [0.15, 0.2) is 6.29 Å². The molecule has 1 rings (SSSR count). The summed E-state index contributed by atoms with van der Waals surface area (Å²) in [7, 11) is 0. The SMILES string of the molecule is C=C(C)Cn1cc(C)c(C=O)n1. The molecule has 3 heteroatoms. The van der Waals surface area contributed by atoms with Gasteiger partial charge in [0.2, 0.25) is 0 Å². The van der Waals surface area contributed by atoms with Gasteiger partial charge in [-0.1, -0.05) is 12.2 Å². The number of rotatable bonds is 3. The maximum atomic E-state index is 10.4. The monoisotopic (exact) mass is 164 g/mol. The van der Waals surface area contributed by atoms with E-state index in [0.717, 1.165) is 17.4 Å². The van der Waals surface area contributed by atoms with Crippen LogP contribution in [0.25, 0.3) is 0 Å². The van der Waals surface area contributed by atoms with Crippen LogP contribution in [0.15, 0.2) is 18.3 Å². The topological polar surface area (TPSA) is 34.9 Å². The lowest BCUT2D eigenvalue weighted by Crippen LogP contribution is -1.99. The first-order valence-electron chi connectivity index (χ1n) is 3.77. The Hall–Kier alpha value is -1.38. The van der Waals surface area contributed by atoms with Crippen LogP contribution in [0, 0.1) is 6.92 Å². The van der Waals surface area contributed by atoms with Gasteiger partial charge in [-0.2, -0.15) is 5.10 Å². The summed E-state index contributed by atoms with van der Waals surface area (Å²) in [4.78, 5) is 10.4. The Kier molecular flexibility index (Phi) is 2.43. The highest BCUT2D eigenvalue weighted by Crippen LogP contribution is 2.03. The van der Waals surface area contributed by atoms with E-state index in [1.807, 2.05) is 20.0 Å². The van der Waals surface area contributed by atoms with Crippen molar-refractivity contribution in [2.45, 2.75) is 20.4 Å². The van der Waals surface area contributed by atoms with E-state index in [1.165, 1.54) is 0 Å². The average molecular weight is 164 g/mol. The van der Waals surface area contributed by atoms with E-state index in [4.69, 9.17) is 0 Å². The van der Waals surface area contributed by atoms with Crippen molar-refractivity contribution >= 4 is 6.29 Å². The van der Waals surface area contributed by atoms with Crippen molar-refractivity contribution < 1.29 is 4.79 Å². The molecule has 1 aromatic heterocycles. The van der Waals surface area contributed by atoms with Gasteiger partial charge in [0.25, 0.3) is 0 Å². The molecule has 0 unspecified atom stereocenters. The van der Waals surface area contributed by atoms with Gasteiger partial charge in [0.1, 0.15) is 5.69 Å². The molecular weight excluding hydrogens is 152 g/mol. The molecule has 12 heavy (non-hydrogen) atoms. The van der Waals surface area contributed by atoms with E-state index in [0.29, 0.717) is 12.2 Å². The molecule has 0 bridgehead atoms. The smallest absolute Gasteiger partial charge is 0.170 e. The average Bonchev–Trinajstić information content (AvgIpc) is 2.29. The van der Waals surface area contributed by atoms with Crippen molar-refractivity contribution in [2.75, 3.05) is 0 Å². The highest BCUT2D eigenvalue weighted by atomic mass is 16.1. The Morgan fingerprint density at radius 2 is 2.50 bits per heavy atom. The number of hydrogen-bond donors (Lipinski definition) is 0.